The van der Waals surface area contributed by atoms with Gasteiger partial charge in [0.25, 0.3) is 0 Å². The molecule has 0 fully saturated rings. The molecule has 0 radical (unpaired) electrons. The van der Waals surface area contributed by atoms with Crippen LogP contribution < -0.4 is 10.5 Å². The molecule has 2 N–H and O–H groups in total. The first-order valence-corrected chi connectivity index (χ1v) is 7.82. The highest BCUT2D eigenvalue weighted by Crippen LogP contribution is 2.31. The summed E-state index contributed by atoms with van der Waals surface area (Å²) >= 11 is 1.96. The number of nitrogen functional groups attached to an aromatic ring is 1. The van der Waals surface area contributed by atoms with Crippen molar-refractivity contribution in [2.45, 2.75) is 40.0 Å². The van der Waals surface area contributed by atoms with Gasteiger partial charge in [0.15, 0.2) is 0 Å². The van der Waals surface area contributed by atoms with Gasteiger partial charge >= 0.3 is 0 Å². The van der Waals surface area contributed by atoms with Crippen molar-refractivity contribution in [1.82, 2.24) is 0 Å². The minimum Gasteiger partial charge on any atom is -0.493 e. The van der Waals surface area contributed by atoms with E-state index in [0.717, 1.165) is 30.0 Å². The fraction of sp³-hybridized carbons (Fsp3) is 0.600. The normalized spacial score (nSPS) is 10.9. The minimum absolute atomic E-state index is 0.438. The lowest BCUT2D eigenvalue weighted by molar-refractivity contribution is 0.314. The maximum absolute atomic E-state index is 5.96. The van der Waals surface area contributed by atoms with E-state index in [1.165, 1.54) is 17.1 Å². The zero-order valence-corrected chi connectivity index (χ0v) is 12.8. The summed E-state index contributed by atoms with van der Waals surface area (Å²) in [7, 11) is 0. The summed E-state index contributed by atoms with van der Waals surface area (Å²) < 4.78 is 5.91. The van der Waals surface area contributed by atoms with Crippen LogP contribution >= 0.6 is 11.8 Å². The first-order chi connectivity index (χ1) is 8.56. The fourth-order valence-electron chi connectivity index (χ4n) is 1.78. The van der Waals surface area contributed by atoms with Crippen LogP contribution in [0.25, 0.3) is 0 Å². The van der Waals surface area contributed by atoms with Crippen molar-refractivity contribution in [1.29, 1.82) is 0 Å². The molecular formula is C15H25NOS. The average Bonchev–Trinajstić information content (AvgIpc) is 2.32. The Hall–Kier alpha value is -0.830. The smallest absolute Gasteiger partial charge is 0.123 e. The fourth-order valence-corrected chi connectivity index (χ4v) is 2.39. The van der Waals surface area contributed by atoms with E-state index in [1.54, 1.807) is 0 Å². The minimum atomic E-state index is 0.438. The van der Waals surface area contributed by atoms with Gasteiger partial charge in [-0.25, -0.2) is 0 Å². The van der Waals surface area contributed by atoms with Gasteiger partial charge in [0, 0.05) is 5.69 Å². The van der Waals surface area contributed by atoms with E-state index < -0.39 is 0 Å². The molecule has 0 unspecified atom stereocenters. The van der Waals surface area contributed by atoms with E-state index in [2.05, 4.69) is 32.9 Å². The van der Waals surface area contributed by atoms with Crippen LogP contribution in [0.1, 0.15) is 44.2 Å². The second-order valence-corrected chi connectivity index (χ2v) is 6.19. The highest BCUT2D eigenvalue weighted by atomic mass is 32.2. The van der Waals surface area contributed by atoms with E-state index in [4.69, 9.17) is 10.5 Å². The molecule has 2 nitrogen and oxygen atoms in total. The van der Waals surface area contributed by atoms with Crippen molar-refractivity contribution in [3.63, 3.8) is 0 Å². The number of nitrogens with two attached hydrogens (primary N) is 1. The van der Waals surface area contributed by atoms with E-state index in [-0.39, 0.29) is 0 Å². The van der Waals surface area contributed by atoms with Gasteiger partial charge in [-0.3, -0.25) is 0 Å². The molecular weight excluding hydrogens is 242 g/mol. The van der Waals surface area contributed by atoms with Crippen LogP contribution in [0.15, 0.2) is 12.1 Å². The van der Waals surface area contributed by atoms with Gasteiger partial charge in [0.2, 0.25) is 0 Å². The summed E-state index contributed by atoms with van der Waals surface area (Å²) in [6, 6.07) is 4.12. The summed E-state index contributed by atoms with van der Waals surface area (Å²) in [5.74, 6) is 3.78. The Bertz CT molecular complexity index is 377. The number of hydrogen-bond donors (Lipinski definition) is 1. The standard InChI is InChI=1S/C15H25NOS/c1-5-18-8-6-7-17-15-9-12(4)14(16)10-13(15)11(2)3/h9-11H,5-8,16H2,1-4H3. The van der Waals surface area contributed by atoms with Crippen LogP contribution in [0.4, 0.5) is 5.69 Å². The Morgan fingerprint density at radius 2 is 2.06 bits per heavy atom. The molecule has 3 heteroatoms. The van der Waals surface area contributed by atoms with Gasteiger partial charge in [-0.15, -0.1) is 0 Å². The number of thioether (sulfide) groups is 1. The zero-order valence-electron chi connectivity index (χ0n) is 12.0. The lowest BCUT2D eigenvalue weighted by Gasteiger charge is -2.16. The molecule has 1 aromatic carbocycles. The predicted octanol–water partition coefficient (Wildman–Crippen LogP) is 4.22. The number of rotatable bonds is 7. The lowest BCUT2D eigenvalue weighted by Crippen LogP contribution is -2.04. The molecule has 0 aliphatic carbocycles. The maximum atomic E-state index is 5.96. The van der Waals surface area contributed by atoms with Gasteiger partial charge < -0.3 is 10.5 Å². The Labute approximate surface area is 115 Å². The van der Waals surface area contributed by atoms with E-state index in [0.29, 0.717) is 5.92 Å². The largest absolute Gasteiger partial charge is 0.493 e. The van der Waals surface area contributed by atoms with Crippen molar-refractivity contribution >= 4 is 17.4 Å². The van der Waals surface area contributed by atoms with E-state index in [1.807, 2.05) is 18.7 Å². The molecule has 1 rings (SSSR count). The summed E-state index contributed by atoms with van der Waals surface area (Å²) in [5.41, 5.74) is 9.12. The van der Waals surface area contributed by atoms with Crippen LogP contribution in [-0.4, -0.2) is 18.1 Å². The second kappa shape index (κ2) is 7.57. The lowest BCUT2D eigenvalue weighted by atomic mass is 9.99. The summed E-state index contributed by atoms with van der Waals surface area (Å²) in [6.07, 6.45) is 1.10. The molecule has 102 valence electrons. The highest BCUT2D eigenvalue weighted by molar-refractivity contribution is 7.99. The topological polar surface area (TPSA) is 35.2 Å². The molecule has 0 aromatic heterocycles. The highest BCUT2D eigenvalue weighted by Gasteiger charge is 2.10. The summed E-state index contributed by atoms with van der Waals surface area (Å²) in [4.78, 5) is 0. The van der Waals surface area contributed by atoms with Crippen LogP contribution in [0.3, 0.4) is 0 Å². The third-order valence-corrected chi connectivity index (χ3v) is 3.90. The maximum Gasteiger partial charge on any atom is 0.123 e. The van der Waals surface area contributed by atoms with Gasteiger partial charge in [-0.05, 0) is 54.0 Å². The third kappa shape index (κ3) is 4.45. The summed E-state index contributed by atoms with van der Waals surface area (Å²) in [5, 5.41) is 0. The van der Waals surface area contributed by atoms with Crippen molar-refractivity contribution in [2.24, 2.45) is 0 Å². The molecule has 1 aromatic rings. The first-order valence-electron chi connectivity index (χ1n) is 6.66. The Morgan fingerprint density at radius 3 is 2.67 bits per heavy atom. The van der Waals surface area contributed by atoms with Crippen LogP contribution in [-0.2, 0) is 0 Å². The quantitative estimate of drug-likeness (QED) is 0.593. The van der Waals surface area contributed by atoms with Gasteiger partial charge in [-0.1, -0.05) is 20.8 Å². The third-order valence-electron chi connectivity index (χ3n) is 2.92. The van der Waals surface area contributed by atoms with Crippen molar-refractivity contribution in [3.8, 4) is 5.75 Å². The van der Waals surface area contributed by atoms with Crippen molar-refractivity contribution < 1.29 is 4.74 Å². The Morgan fingerprint density at radius 1 is 1.33 bits per heavy atom. The first kappa shape index (κ1) is 15.2. The number of hydrogen-bond acceptors (Lipinski definition) is 3. The molecule has 0 aliphatic rings. The number of ether oxygens (including phenoxy) is 1. The molecule has 0 aliphatic heterocycles. The molecule has 0 heterocycles. The van der Waals surface area contributed by atoms with Gasteiger partial charge in [-0.2, -0.15) is 11.8 Å². The van der Waals surface area contributed by atoms with Crippen molar-refractivity contribution in [2.75, 3.05) is 23.8 Å². The van der Waals surface area contributed by atoms with E-state index in [9.17, 15) is 0 Å². The van der Waals surface area contributed by atoms with Crippen molar-refractivity contribution in [3.05, 3.63) is 23.3 Å². The zero-order chi connectivity index (χ0) is 13.5. The molecule has 0 spiro atoms. The van der Waals surface area contributed by atoms with Crippen LogP contribution in [0.5, 0.6) is 5.75 Å². The molecule has 0 atom stereocenters. The number of aryl methyl sites for hydroxylation is 1. The SMILES string of the molecule is CCSCCCOc1cc(C)c(N)cc1C(C)C. The average molecular weight is 267 g/mol. The second-order valence-electron chi connectivity index (χ2n) is 4.80. The molecule has 0 saturated carbocycles. The van der Waals surface area contributed by atoms with Crippen LogP contribution in [0, 0.1) is 6.92 Å². The molecule has 18 heavy (non-hydrogen) atoms. The Balaban J connectivity index is 2.65. The van der Waals surface area contributed by atoms with E-state index >= 15 is 0 Å². The van der Waals surface area contributed by atoms with Gasteiger partial charge in [0.05, 0.1) is 6.61 Å². The molecule has 0 amide bonds. The molecule has 0 bridgehead atoms. The Kier molecular flexibility index (Phi) is 6.41. The number of anilines is 1. The predicted molar refractivity (Wildman–Crippen MR) is 82.8 cm³/mol. The monoisotopic (exact) mass is 267 g/mol. The van der Waals surface area contributed by atoms with Gasteiger partial charge in [0.1, 0.15) is 5.75 Å². The number of benzene rings is 1. The summed E-state index contributed by atoms with van der Waals surface area (Å²) in [6.45, 7) is 9.34. The molecule has 0 saturated heterocycles. The van der Waals surface area contributed by atoms with Crippen LogP contribution in [0.2, 0.25) is 0 Å².